The Labute approximate surface area is 89.3 Å². The molecule has 1 unspecified atom stereocenters. The third-order valence-electron chi connectivity index (χ3n) is 2.25. The number of nitrogens with zero attached hydrogens (tertiary/aromatic N) is 1. The standard InChI is InChI=1S/C11H17FN2O/c1-14(2)6-5-11(15)8-3-4-9(12)10(13)7-8/h3-4,7,11,15H,5-6,13H2,1-2H3. The molecule has 0 aliphatic heterocycles. The van der Waals surface area contributed by atoms with Crippen molar-refractivity contribution in [1.82, 2.24) is 4.90 Å². The number of rotatable bonds is 4. The topological polar surface area (TPSA) is 49.5 Å². The van der Waals surface area contributed by atoms with Crippen LogP contribution in [0.25, 0.3) is 0 Å². The first-order chi connectivity index (χ1) is 7.00. The Bertz CT molecular complexity index is 328. The Balaban J connectivity index is 2.65. The van der Waals surface area contributed by atoms with Crippen LogP contribution in [0.15, 0.2) is 18.2 Å². The van der Waals surface area contributed by atoms with Gasteiger partial charge < -0.3 is 15.7 Å². The third-order valence-corrected chi connectivity index (χ3v) is 2.25. The lowest BCUT2D eigenvalue weighted by molar-refractivity contribution is 0.154. The van der Waals surface area contributed by atoms with E-state index in [4.69, 9.17) is 5.73 Å². The van der Waals surface area contributed by atoms with Crippen molar-refractivity contribution >= 4 is 5.69 Å². The predicted molar refractivity (Wildman–Crippen MR) is 58.9 cm³/mol. The lowest BCUT2D eigenvalue weighted by Gasteiger charge is -2.15. The minimum Gasteiger partial charge on any atom is -0.396 e. The van der Waals surface area contributed by atoms with E-state index in [9.17, 15) is 9.50 Å². The Morgan fingerprint density at radius 2 is 2.13 bits per heavy atom. The number of aliphatic hydroxyl groups excluding tert-OH is 1. The zero-order valence-corrected chi connectivity index (χ0v) is 9.07. The van der Waals surface area contributed by atoms with Crippen molar-refractivity contribution in [3.63, 3.8) is 0 Å². The van der Waals surface area contributed by atoms with Crippen LogP contribution >= 0.6 is 0 Å². The molecule has 0 aliphatic carbocycles. The van der Waals surface area contributed by atoms with Crippen molar-refractivity contribution in [2.24, 2.45) is 0 Å². The Kier molecular flexibility index (Phi) is 4.05. The number of benzene rings is 1. The van der Waals surface area contributed by atoms with Crippen LogP contribution in [-0.2, 0) is 0 Å². The molecule has 0 saturated heterocycles. The molecule has 1 aromatic rings. The fourth-order valence-corrected chi connectivity index (χ4v) is 1.32. The number of halogens is 1. The van der Waals surface area contributed by atoms with E-state index in [-0.39, 0.29) is 5.69 Å². The van der Waals surface area contributed by atoms with Crippen LogP contribution in [0.4, 0.5) is 10.1 Å². The van der Waals surface area contributed by atoms with Gasteiger partial charge in [-0.05, 0) is 38.2 Å². The van der Waals surface area contributed by atoms with Gasteiger partial charge in [-0.15, -0.1) is 0 Å². The maximum Gasteiger partial charge on any atom is 0.146 e. The van der Waals surface area contributed by atoms with Crippen molar-refractivity contribution in [3.05, 3.63) is 29.6 Å². The van der Waals surface area contributed by atoms with Gasteiger partial charge in [-0.2, -0.15) is 0 Å². The van der Waals surface area contributed by atoms with Gasteiger partial charge >= 0.3 is 0 Å². The van der Waals surface area contributed by atoms with Crippen LogP contribution in [-0.4, -0.2) is 30.6 Å². The normalized spacial score (nSPS) is 13.1. The summed E-state index contributed by atoms with van der Waals surface area (Å²) < 4.78 is 12.9. The second-order valence-electron chi connectivity index (χ2n) is 3.89. The number of nitrogens with two attached hydrogens (primary N) is 1. The summed E-state index contributed by atoms with van der Waals surface area (Å²) in [4.78, 5) is 1.98. The molecule has 0 heterocycles. The van der Waals surface area contributed by atoms with Crippen molar-refractivity contribution in [1.29, 1.82) is 0 Å². The predicted octanol–water partition coefficient (Wildman–Crippen LogP) is 1.39. The Hall–Kier alpha value is -1.13. The molecule has 84 valence electrons. The van der Waals surface area contributed by atoms with E-state index in [1.54, 1.807) is 6.07 Å². The molecule has 0 spiro atoms. The quantitative estimate of drug-likeness (QED) is 0.741. The van der Waals surface area contributed by atoms with Crippen molar-refractivity contribution in [2.75, 3.05) is 26.4 Å². The Morgan fingerprint density at radius 1 is 1.47 bits per heavy atom. The average molecular weight is 212 g/mol. The lowest BCUT2D eigenvalue weighted by Crippen LogP contribution is -2.16. The van der Waals surface area contributed by atoms with E-state index in [0.717, 1.165) is 6.54 Å². The summed E-state index contributed by atoms with van der Waals surface area (Å²) in [5, 5.41) is 9.78. The van der Waals surface area contributed by atoms with E-state index in [0.29, 0.717) is 12.0 Å². The van der Waals surface area contributed by atoms with E-state index in [1.165, 1.54) is 12.1 Å². The zero-order chi connectivity index (χ0) is 11.4. The van der Waals surface area contributed by atoms with Gasteiger partial charge in [0.1, 0.15) is 5.82 Å². The van der Waals surface area contributed by atoms with Gasteiger partial charge in [0, 0.05) is 6.54 Å². The molecule has 1 atom stereocenters. The molecule has 15 heavy (non-hydrogen) atoms. The molecular weight excluding hydrogens is 195 g/mol. The van der Waals surface area contributed by atoms with Crippen molar-refractivity contribution in [3.8, 4) is 0 Å². The fraction of sp³-hybridized carbons (Fsp3) is 0.455. The summed E-state index contributed by atoms with van der Waals surface area (Å²) in [5.41, 5.74) is 6.16. The second-order valence-corrected chi connectivity index (χ2v) is 3.89. The molecule has 0 amide bonds. The molecule has 1 rings (SSSR count). The molecule has 0 bridgehead atoms. The highest BCUT2D eigenvalue weighted by molar-refractivity contribution is 5.43. The van der Waals surface area contributed by atoms with Crippen LogP contribution in [0.2, 0.25) is 0 Å². The lowest BCUT2D eigenvalue weighted by atomic mass is 10.1. The van der Waals surface area contributed by atoms with Gasteiger partial charge in [-0.1, -0.05) is 6.07 Å². The highest BCUT2D eigenvalue weighted by Gasteiger charge is 2.09. The summed E-state index contributed by atoms with van der Waals surface area (Å²) in [7, 11) is 3.87. The second kappa shape index (κ2) is 5.09. The number of aliphatic hydroxyl groups is 1. The molecule has 0 aliphatic rings. The van der Waals surface area contributed by atoms with E-state index < -0.39 is 11.9 Å². The molecule has 4 heteroatoms. The first-order valence-electron chi connectivity index (χ1n) is 4.88. The average Bonchev–Trinajstić information content (AvgIpc) is 2.18. The van der Waals surface area contributed by atoms with Gasteiger partial charge in [0.05, 0.1) is 11.8 Å². The summed E-state index contributed by atoms with van der Waals surface area (Å²) in [5.74, 6) is -0.446. The summed E-state index contributed by atoms with van der Waals surface area (Å²) in [6.45, 7) is 0.776. The molecule has 0 saturated carbocycles. The van der Waals surface area contributed by atoms with E-state index >= 15 is 0 Å². The summed E-state index contributed by atoms with van der Waals surface area (Å²) >= 11 is 0. The molecule has 0 fully saturated rings. The number of anilines is 1. The van der Waals surface area contributed by atoms with Crippen molar-refractivity contribution < 1.29 is 9.50 Å². The summed E-state index contributed by atoms with van der Waals surface area (Å²) in [6.07, 6.45) is 0.0215. The van der Waals surface area contributed by atoms with Gasteiger partial charge in [-0.25, -0.2) is 4.39 Å². The van der Waals surface area contributed by atoms with Crippen LogP contribution in [0, 0.1) is 5.82 Å². The maximum atomic E-state index is 12.9. The Morgan fingerprint density at radius 3 is 2.67 bits per heavy atom. The minimum atomic E-state index is -0.588. The van der Waals surface area contributed by atoms with Crippen LogP contribution < -0.4 is 5.73 Å². The first-order valence-corrected chi connectivity index (χ1v) is 4.88. The monoisotopic (exact) mass is 212 g/mol. The van der Waals surface area contributed by atoms with Crippen molar-refractivity contribution in [2.45, 2.75) is 12.5 Å². The van der Waals surface area contributed by atoms with Gasteiger partial charge in [0.15, 0.2) is 0 Å². The zero-order valence-electron chi connectivity index (χ0n) is 9.07. The first kappa shape index (κ1) is 11.9. The minimum absolute atomic E-state index is 0.0800. The van der Waals surface area contributed by atoms with Crippen LogP contribution in [0.5, 0.6) is 0 Å². The fourth-order valence-electron chi connectivity index (χ4n) is 1.32. The largest absolute Gasteiger partial charge is 0.396 e. The third kappa shape index (κ3) is 3.49. The highest BCUT2D eigenvalue weighted by atomic mass is 19.1. The van der Waals surface area contributed by atoms with Crippen LogP contribution in [0.1, 0.15) is 18.1 Å². The van der Waals surface area contributed by atoms with Crippen LogP contribution in [0.3, 0.4) is 0 Å². The van der Waals surface area contributed by atoms with Gasteiger partial charge in [0.2, 0.25) is 0 Å². The molecule has 3 N–H and O–H groups in total. The summed E-state index contributed by atoms with van der Waals surface area (Å²) in [6, 6.07) is 4.32. The maximum absolute atomic E-state index is 12.9. The number of hydrogen-bond donors (Lipinski definition) is 2. The molecule has 3 nitrogen and oxygen atoms in total. The highest BCUT2D eigenvalue weighted by Crippen LogP contribution is 2.20. The molecule has 0 aromatic heterocycles. The number of hydrogen-bond acceptors (Lipinski definition) is 3. The number of nitrogen functional groups attached to an aromatic ring is 1. The van der Waals surface area contributed by atoms with E-state index in [2.05, 4.69) is 0 Å². The molecule has 0 radical (unpaired) electrons. The van der Waals surface area contributed by atoms with Gasteiger partial charge in [-0.3, -0.25) is 0 Å². The SMILES string of the molecule is CN(C)CCC(O)c1ccc(F)c(N)c1. The van der Waals surface area contributed by atoms with Gasteiger partial charge in [0.25, 0.3) is 0 Å². The molecule has 1 aromatic carbocycles. The van der Waals surface area contributed by atoms with E-state index in [1.807, 2.05) is 19.0 Å². The smallest absolute Gasteiger partial charge is 0.146 e. The molecular formula is C11H17FN2O.